The molecule has 4 aromatic rings. The molecule has 3 heteroatoms. The van der Waals surface area contributed by atoms with Crippen LogP contribution in [0.2, 0.25) is 0 Å². The SMILES string of the molecule is Nc1cccc(-c2nc(-c3ccccc3)c(-c3ccccc3)s2)c1. The third kappa shape index (κ3) is 2.82. The van der Waals surface area contributed by atoms with Crippen LogP contribution in [0.25, 0.3) is 32.3 Å². The Kier molecular flexibility index (Phi) is 3.85. The molecule has 0 aliphatic heterocycles. The maximum absolute atomic E-state index is 5.94. The highest BCUT2D eigenvalue weighted by atomic mass is 32.1. The van der Waals surface area contributed by atoms with Crippen molar-refractivity contribution in [2.24, 2.45) is 0 Å². The fourth-order valence-corrected chi connectivity index (χ4v) is 3.78. The van der Waals surface area contributed by atoms with Crippen molar-refractivity contribution in [3.8, 4) is 32.3 Å². The lowest BCUT2D eigenvalue weighted by atomic mass is 10.1. The summed E-state index contributed by atoms with van der Waals surface area (Å²) in [4.78, 5) is 6.11. The molecule has 0 amide bonds. The minimum atomic E-state index is 0.755. The Morgan fingerprint density at radius 3 is 1.96 bits per heavy atom. The molecular formula is C21H16N2S. The van der Waals surface area contributed by atoms with Crippen molar-refractivity contribution in [2.75, 3.05) is 5.73 Å². The molecule has 0 aliphatic carbocycles. The Labute approximate surface area is 145 Å². The molecule has 0 spiro atoms. The van der Waals surface area contributed by atoms with Crippen LogP contribution in [0.4, 0.5) is 5.69 Å². The van der Waals surface area contributed by atoms with Gasteiger partial charge in [-0.15, -0.1) is 11.3 Å². The maximum Gasteiger partial charge on any atom is 0.124 e. The lowest BCUT2D eigenvalue weighted by Crippen LogP contribution is -1.85. The lowest BCUT2D eigenvalue weighted by molar-refractivity contribution is 1.40. The smallest absolute Gasteiger partial charge is 0.124 e. The number of thiazole rings is 1. The number of benzene rings is 3. The molecule has 3 aromatic carbocycles. The molecule has 0 bridgehead atoms. The van der Waals surface area contributed by atoms with Crippen LogP contribution in [0, 0.1) is 0 Å². The average molecular weight is 328 g/mol. The highest BCUT2D eigenvalue weighted by molar-refractivity contribution is 7.19. The second kappa shape index (κ2) is 6.30. The molecule has 0 atom stereocenters. The number of anilines is 1. The van der Waals surface area contributed by atoms with Crippen LogP contribution >= 0.6 is 11.3 Å². The molecule has 0 fully saturated rings. The van der Waals surface area contributed by atoms with Crippen LogP contribution in [0.3, 0.4) is 0 Å². The largest absolute Gasteiger partial charge is 0.399 e. The van der Waals surface area contributed by atoms with Gasteiger partial charge in [0, 0.05) is 16.8 Å². The summed E-state index contributed by atoms with van der Waals surface area (Å²) >= 11 is 1.70. The molecule has 2 nitrogen and oxygen atoms in total. The topological polar surface area (TPSA) is 38.9 Å². The van der Waals surface area contributed by atoms with Crippen LogP contribution in [-0.4, -0.2) is 4.98 Å². The van der Waals surface area contributed by atoms with Gasteiger partial charge >= 0.3 is 0 Å². The van der Waals surface area contributed by atoms with E-state index in [0.29, 0.717) is 0 Å². The highest BCUT2D eigenvalue weighted by Crippen LogP contribution is 2.40. The number of nitrogen functional groups attached to an aromatic ring is 1. The first-order valence-electron chi connectivity index (χ1n) is 7.79. The Bertz CT molecular complexity index is 903. The van der Waals surface area contributed by atoms with E-state index in [1.807, 2.05) is 42.5 Å². The van der Waals surface area contributed by atoms with E-state index in [2.05, 4.69) is 42.5 Å². The molecule has 0 saturated carbocycles. The van der Waals surface area contributed by atoms with E-state index in [1.165, 1.54) is 10.4 Å². The summed E-state index contributed by atoms with van der Waals surface area (Å²) in [5.41, 5.74) is 11.1. The summed E-state index contributed by atoms with van der Waals surface area (Å²) < 4.78 is 0. The van der Waals surface area contributed by atoms with Crippen molar-refractivity contribution in [2.45, 2.75) is 0 Å². The number of hydrogen-bond donors (Lipinski definition) is 1. The van der Waals surface area contributed by atoms with Gasteiger partial charge in [0.1, 0.15) is 5.01 Å². The number of aromatic nitrogens is 1. The van der Waals surface area contributed by atoms with Gasteiger partial charge in [-0.1, -0.05) is 72.8 Å². The van der Waals surface area contributed by atoms with Gasteiger partial charge in [-0.05, 0) is 17.7 Å². The minimum Gasteiger partial charge on any atom is -0.399 e. The molecular weight excluding hydrogens is 312 g/mol. The molecule has 0 aliphatic rings. The zero-order valence-corrected chi connectivity index (χ0v) is 13.8. The van der Waals surface area contributed by atoms with Crippen molar-refractivity contribution in [3.63, 3.8) is 0 Å². The fourth-order valence-electron chi connectivity index (χ4n) is 2.69. The summed E-state index contributed by atoms with van der Waals surface area (Å²) in [6.45, 7) is 0. The first-order valence-corrected chi connectivity index (χ1v) is 8.60. The normalized spacial score (nSPS) is 10.7. The summed E-state index contributed by atoms with van der Waals surface area (Å²) in [5, 5.41) is 0.986. The third-order valence-electron chi connectivity index (χ3n) is 3.84. The maximum atomic E-state index is 5.94. The Balaban J connectivity index is 1.91. The van der Waals surface area contributed by atoms with Gasteiger partial charge in [-0.3, -0.25) is 0 Å². The Hall–Kier alpha value is -2.91. The Morgan fingerprint density at radius 1 is 0.667 bits per heavy atom. The number of hydrogen-bond acceptors (Lipinski definition) is 3. The Morgan fingerprint density at radius 2 is 1.29 bits per heavy atom. The van der Waals surface area contributed by atoms with Gasteiger partial charge in [0.15, 0.2) is 0 Å². The predicted octanol–water partition coefficient (Wildman–Crippen LogP) is 5.73. The lowest BCUT2D eigenvalue weighted by Gasteiger charge is -2.02. The quantitative estimate of drug-likeness (QED) is 0.488. The summed E-state index contributed by atoms with van der Waals surface area (Å²) in [5.74, 6) is 0. The van der Waals surface area contributed by atoms with Crippen molar-refractivity contribution < 1.29 is 0 Å². The molecule has 0 radical (unpaired) electrons. The molecule has 2 N–H and O–H groups in total. The predicted molar refractivity (Wildman–Crippen MR) is 103 cm³/mol. The van der Waals surface area contributed by atoms with Gasteiger partial charge in [-0.2, -0.15) is 0 Å². The average Bonchev–Trinajstić information content (AvgIpc) is 3.09. The van der Waals surface area contributed by atoms with Crippen molar-refractivity contribution >= 4 is 17.0 Å². The summed E-state index contributed by atoms with van der Waals surface area (Å²) in [6, 6.07) is 28.6. The van der Waals surface area contributed by atoms with Crippen LogP contribution in [0.1, 0.15) is 0 Å². The van der Waals surface area contributed by atoms with Gasteiger partial charge in [0.2, 0.25) is 0 Å². The molecule has 4 rings (SSSR count). The van der Waals surface area contributed by atoms with Gasteiger partial charge in [-0.25, -0.2) is 4.98 Å². The number of rotatable bonds is 3. The zero-order chi connectivity index (χ0) is 16.4. The van der Waals surface area contributed by atoms with E-state index in [4.69, 9.17) is 10.7 Å². The highest BCUT2D eigenvalue weighted by Gasteiger charge is 2.15. The molecule has 24 heavy (non-hydrogen) atoms. The second-order valence-corrected chi connectivity index (χ2v) is 6.55. The van der Waals surface area contributed by atoms with E-state index in [-0.39, 0.29) is 0 Å². The van der Waals surface area contributed by atoms with Crippen LogP contribution in [0.5, 0.6) is 0 Å². The first-order chi connectivity index (χ1) is 11.8. The molecule has 0 unspecified atom stereocenters. The van der Waals surface area contributed by atoms with E-state index in [1.54, 1.807) is 11.3 Å². The molecule has 116 valence electrons. The van der Waals surface area contributed by atoms with E-state index >= 15 is 0 Å². The van der Waals surface area contributed by atoms with E-state index in [0.717, 1.165) is 27.5 Å². The zero-order valence-electron chi connectivity index (χ0n) is 13.0. The van der Waals surface area contributed by atoms with Crippen LogP contribution in [0.15, 0.2) is 84.9 Å². The molecule has 0 saturated heterocycles. The van der Waals surface area contributed by atoms with E-state index < -0.39 is 0 Å². The second-order valence-electron chi connectivity index (χ2n) is 5.55. The monoisotopic (exact) mass is 328 g/mol. The van der Waals surface area contributed by atoms with Crippen molar-refractivity contribution in [1.82, 2.24) is 4.98 Å². The van der Waals surface area contributed by atoms with Gasteiger partial charge < -0.3 is 5.73 Å². The third-order valence-corrected chi connectivity index (χ3v) is 5.00. The molecule has 1 heterocycles. The standard InChI is InChI=1S/C21H16N2S/c22-18-13-7-12-17(14-18)21-23-19(15-8-3-1-4-9-15)20(24-21)16-10-5-2-6-11-16/h1-14H,22H2. The van der Waals surface area contributed by atoms with Gasteiger partial charge in [0.05, 0.1) is 10.6 Å². The first kappa shape index (κ1) is 14.7. The van der Waals surface area contributed by atoms with Crippen molar-refractivity contribution in [1.29, 1.82) is 0 Å². The van der Waals surface area contributed by atoms with Crippen molar-refractivity contribution in [3.05, 3.63) is 84.9 Å². The number of nitrogens with zero attached hydrogens (tertiary/aromatic N) is 1. The van der Waals surface area contributed by atoms with Crippen LogP contribution < -0.4 is 5.73 Å². The van der Waals surface area contributed by atoms with E-state index in [9.17, 15) is 0 Å². The molecule has 1 aromatic heterocycles. The summed E-state index contributed by atoms with van der Waals surface area (Å²) in [7, 11) is 0. The minimum absolute atomic E-state index is 0.755. The number of nitrogens with two attached hydrogens (primary N) is 1. The van der Waals surface area contributed by atoms with Crippen LogP contribution in [-0.2, 0) is 0 Å². The fraction of sp³-hybridized carbons (Fsp3) is 0. The van der Waals surface area contributed by atoms with Gasteiger partial charge in [0.25, 0.3) is 0 Å². The summed E-state index contributed by atoms with van der Waals surface area (Å²) in [6.07, 6.45) is 0.